The third-order valence-corrected chi connectivity index (χ3v) is 4.11. The van der Waals surface area contributed by atoms with Gasteiger partial charge in [0.05, 0.1) is 7.11 Å². The monoisotopic (exact) mass is 271 g/mol. The summed E-state index contributed by atoms with van der Waals surface area (Å²) < 4.78 is 6.63. The number of nitrogen functional groups attached to an aromatic ring is 1. The van der Waals surface area contributed by atoms with Gasteiger partial charge in [-0.1, -0.05) is 6.92 Å². The Labute approximate surface area is 112 Å². The van der Waals surface area contributed by atoms with Gasteiger partial charge in [-0.2, -0.15) is 11.8 Å². The van der Waals surface area contributed by atoms with Gasteiger partial charge in [0.1, 0.15) is 11.6 Å². The maximum atomic E-state index is 11.6. The highest BCUT2D eigenvalue weighted by Crippen LogP contribution is 2.27. The van der Waals surface area contributed by atoms with Crippen molar-refractivity contribution in [3.63, 3.8) is 0 Å². The summed E-state index contributed by atoms with van der Waals surface area (Å²) in [4.78, 5) is 15.8. The van der Waals surface area contributed by atoms with Crippen LogP contribution in [0, 0.1) is 0 Å². The minimum Gasteiger partial charge on any atom is -0.464 e. The van der Waals surface area contributed by atoms with Gasteiger partial charge in [0, 0.05) is 17.7 Å². The third kappa shape index (κ3) is 2.98. The molecule has 1 rings (SSSR count). The molecule has 0 fully saturated rings. The molecule has 6 heteroatoms. The van der Waals surface area contributed by atoms with Gasteiger partial charge in [-0.05, 0) is 20.1 Å². The van der Waals surface area contributed by atoms with Gasteiger partial charge in [-0.25, -0.2) is 9.78 Å². The zero-order valence-electron chi connectivity index (χ0n) is 11.6. The minimum atomic E-state index is -0.483. The van der Waals surface area contributed by atoms with E-state index < -0.39 is 5.97 Å². The van der Waals surface area contributed by atoms with Crippen molar-refractivity contribution in [3.05, 3.63) is 11.5 Å². The summed E-state index contributed by atoms with van der Waals surface area (Å²) in [6, 6.07) is 0. The number of carbonyl (C=O) groups excluding carboxylic acids is 1. The van der Waals surface area contributed by atoms with E-state index in [9.17, 15) is 4.79 Å². The highest BCUT2D eigenvalue weighted by atomic mass is 32.2. The molecule has 0 aliphatic rings. The molecule has 2 N–H and O–H groups in total. The highest BCUT2D eigenvalue weighted by molar-refractivity contribution is 7.99. The van der Waals surface area contributed by atoms with Crippen molar-refractivity contribution >= 4 is 23.5 Å². The minimum absolute atomic E-state index is 0.0339. The Morgan fingerprint density at radius 1 is 1.56 bits per heavy atom. The van der Waals surface area contributed by atoms with Crippen LogP contribution in [-0.2, 0) is 17.7 Å². The molecule has 0 radical (unpaired) electrons. The lowest BCUT2D eigenvalue weighted by Crippen LogP contribution is -2.24. The molecule has 18 heavy (non-hydrogen) atoms. The quantitative estimate of drug-likeness (QED) is 0.829. The van der Waals surface area contributed by atoms with E-state index in [4.69, 9.17) is 5.73 Å². The molecule has 0 unspecified atom stereocenters. The van der Waals surface area contributed by atoms with Crippen molar-refractivity contribution < 1.29 is 9.53 Å². The number of nitrogens with two attached hydrogens (primary N) is 1. The first-order valence-electron chi connectivity index (χ1n) is 5.84. The van der Waals surface area contributed by atoms with Crippen LogP contribution in [0.25, 0.3) is 0 Å². The largest absolute Gasteiger partial charge is 0.464 e. The fourth-order valence-electron chi connectivity index (χ4n) is 1.65. The third-order valence-electron chi connectivity index (χ3n) is 2.87. The van der Waals surface area contributed by atoms with Crippen molar-refractivity contribution in [2.24, 2.45) is 0 Å². The lowest BCUT2D eigenvalue weighted by atomic mass is 10.2. The Hall–Kier alpha value is -1.17. The Morgan fingerprint density at radius 3 is 2.61 bits per heavy atom. The molecule has 0 bridgehead atoms. The van der Waals surface area contributed by atoms with E-state index >= 15 is 0 Å². The molecule has 0 aromatic carbocycles. The van der Waals surface area contributed by atoms with E-state index in [1.807, 2.05) is 11.5 Å². The van der Waals surface area contributed by atoms with E-state index in [2.05, 4.69) is 29.8 Å². The fraction of sp³-hybridized carbons (Fsp3) is 0.667. The number of esters is 1. The number of carbonyl (C=O) groups is 1. The molecular formula is C12H21N3O2S. The number of ether oxygens (including phenoxy) is 1. The molecule has 1 aromatic rings. The molecule has 1 aromatic heterocycles. The van der Waals surface area contributed by atoms with Crippen LogP contribution in [0.5, 0.6) is 0 Å². The van der Waals surface area contributed by atoms with E-state index in [1.165, 1.54) is 7.11 Å². The summed E-state index contributed by atoms with van der Waals surface area (Å²) in [5.74, 6) is 0.721. The maximum Gasteiger partial charge on any atom is 0.360 e. The Morgan fingerprint density at radius 2 is 2.17 bits per heavy atom. The smallest absolute Gasteiger partial charge is 0.360 e. The Kier molecular flexibility index (Phi) is 4.67. The second kappa shape index (κ2) is 5.65. The summed E-state index contributed by atoms with van der Waals surface area (Å²) in [6.07, 6.45) is 2.78. The second-order valence-corrected chi connectivity index (χ2v) is 6.17. The van der Waals surface area contributed by atoms with Crippen molar-refractivity contribution in [2.45, 2.75) is 38.5 Å². The molecule has 1 heterocycles. The van der Waals surface area contributed by atoms with Gasteiger partial charge in [0.2, 0.25) is 0 Å². The zero-order valence-corrected chi connectivity index (χ0v) is 12.4. The number of methoxy groups -OCH3 is 1. The van der Waals surface area contributed by atoms with Crippen LogP contribution in [0.1, 0.15) is 37.1 Å². The second-order valence-electron chi connectivity index (χ2n) is 4.66. The average Bonchev–Trinajstić information content (AvgIpc) is 2.65. The van der Waals surface area contributed by atoms with Crippen LogP contribution in [-0.4, -0.2) is 33.6 Å². The van der Waals surface area contributed by atoms with Crippen LogP contribution in [0.4, 0.5) is 5.82 Å². The number of rotatable bonds is 5. The van der Waals surface area contributed by atoms with E-state index in [0.717, 1.165) is 12.2 Å². The van der Waals surface area contributed by atoms with E-state index in [1.54, 1.807) is 11.8 Å². The van der Waals surface area contributed by atoms with Crippen LogP contribution >= 0.6 is 11.8 Å². The standard InChI is InChI=1S/C12H21N3O2S/c1-6-8-14-9(11(16)17-4)10(13)15(8)7-12(2,3)18-5/h6-7,13H2,1-5H3. The summed E-state index contributed by atoms with van der Waals surface area (Å²) in [5, 5.41) is 0. The van der Waals surface area contributed by atoms with Crippen molar-refractivity contribution in [3.8, 4) is 0 Å². The molecule has 5 nitrogen and oxygen atoms in total. The van der Waals surface area contributed by atoms with Gasteiger partial charge in [-0.3, -0.25) is 0 Å². The number of anilines is 1. The molecule has 0 aliphatic heterocycles. The predicted octanol–water partition coefficient (Wildman–Crippen LogP) is 1.96. The van der Waals surface area contributed by atoms with Gasteiger partial charge in [0.25, 0.3) is 0 Å². The Bertz CT molecular complexity index is 441. The summed E-state index contributed by atoms with van der Waals surface area (Å²) in [6.45, 7) is 6.97. The number of aryl methyl sites for hydroxylation is 1. The first kappa shape index (κ1) is 14.9. The topological polar surface area (TPSA) is 70.1 Å². The Balaban J connectivity index is 3.18. The highest BCUT2D eigenvalue weighted by Gasteiger charge is 2.25. The molecule has 0 aliphatic carbocycles. The fourth-order valence-corrected chi connectivity index (χ4v) is 1.91. The first-order valence-corrected chi connectivity index (χ1v) is 7.07. The number of imidazole rings is 1. The molecular weight excluding hydrogens is 250 g/mol. The molecule has 102 valence electrons. The van der Waals surface area contributed by atoms with Gasteiger partial charge >= 0.3 is 5.97 Å². The number of thioether (sulfide) groups is 1. The van der Waals surface area contributed by atoms with Crippen molar-refractivity contribution in [1.82, 2.24) is 9.55 Å². The van der Waals surface area contributed by atoms with Crippen LogP contribution in [0.2, 0.25) is 0 Å². The summed E-state index contributed by atoms with van der Waals surface area (Å²) in [5.41, 5.74) is 6.22. The molecule has 0 atom stereocenters. The van der Waals surface area contributed by atoms with Gasteiger partial charge < -0.3 is 15.0 Å². The predicted molar refractivity (Wildman–Crippen MR) is 75.0 cm³/mol. The maximum absolute atomic E-state index is 11.6. The molecule has 0 spiro atoms. The summed E-state index contributed by atoms with van der Waals surface area (Å²) in [7, 11) is 1.33. The van der Waals surface area contributed by atoms with Gasteiger partial charge in [-0.15, -0.1) is 0 Å². The van der Waals surface area contributed by atoms with Crippen molar-refractivity contribution in [2.75, 3.05) is 19.1 Å². The zero-order chi connectivity index (χ0) is 13.9. The average molecular weight is 271 g/mol. The van der Waals surface area contributed by atoms with Crippen LogP contribution in [0.3, 0.4) is 0 Å². The van der Waals surface area contributed by atoms with Gasteiger partial charge in [0.15, 0.2) is 5.69 Å². The molecule has 0 amide bonds. The van der Waals surface area contributed by atoms with Crippen LogP contribution in [0.15, 0.2) is 0 Å². The number of hydrogen-bond donors (Lipinski definition) is 1. The first-order chi connectivity index (χ1) is 8.36. The number of nitrogens with zero attached hydrogens (tertiary/aromatic N) is 2. The SMILES string of the molecule is CCc1nc(C(=O)OC)c(N)n1CC(C)(C)SC. The number of hydrogen-bond acceptors (Lipinski definition) is 5. The van der Waals surface area contributed by atoms with Crippen LogP contribution < -0.4 is 5.73 Å². The lowest BCUT2D eigenvalue weighted by Gasteiger charge is -2.24. The summed E-state index contributed by atoms with van der Waals surface area (Å²) >= 11 is 1.75. The van der Waals surface area contributed by atoms with Crippen molar-refractivity contribution in [1.29, 1.82) is 0 Å². The van der Waals surface area contributed by atoms with E-state index in [-0.39, 0.29) is 10.4 Å². The molecule has 0 saturated heterocycles. The normalized spacial score (nSPS) is 11.6. The van der Waals surface area contributed by atoms with E-state index in [0.29, 0.717) is 12.4 Å². The lowest BCUT2D eigenvalue weighted by molar-refractivity contribution is 0.0595. The molecule has 0 saturated carbocycles. The number of aromatic nitrogens is 2.